The molecule has 0 radical (unpaired) electrons. The number of hydrogen-bond donors (Lipinski definition) is 1. The molecule has 0 heterocycles. The van der Waals surface area contributed by atoms with Crippen LogP contribution in [0.1, 0.15) is 19.4 Å². The van der Waals surface area contributed by atoms with Crippen molar-refractivity contribution in [1.29, 1.82) is 0 Å². The van der Waals surface area contributed by atoms with Crippen LogP contribution in [0.2, 0.25) is 0 Å². The largest absolute Gasteiger partial charge is 0.398 e. The molecule has 1 aromatic carbocycles. The van der Waals surface area contributed by atoms with Gasteiger partial charge in [0.05, 0.1) is 0 Å². The first kappa shape index (κ1) is 13.5. The van der Waals surface area contributed by atoms with Crippen molar-refractivity contribution in [3.05, 3.63) is 29.8 Å². The zero-order chi connectivity index (χ0) is 13.1. The number of amides is 1. The van der Waals surface area contributed by atoms with Gasteiger partial charge < -0.3 is 15.4 Å². The Balaban J connectivity index is 2.77. The van der Waals surface area contributed by atoms with E-state index < -0.39 is 5.60 Å². The summed E-state index contributed by atoms with van der Waals surface area (Å²) in [6.45, 7) is 3.98. The van der Waals surface area contributed by atoms with Crippen LogP contribution in [-0.4, -0.2) is 30.6 Å². The van der Waals surface area contributed by atoms with Crippen LogP contribution in [-0.2, 0) is 16.1 Å². The third-order valence-corrected chi connectivity index (χ3v) is 2.83. The molecule has 0 aliphatic carbocycles. The van der Waals surface area contributed by atoms with Crippen molar-refractivity contribution >= 4 is 11.6 Å². The fourth-order valence-electron chi connectivity index (χ4n) is 1.55. The zero-order valence-corrected chi connectivity index (χ0v) is 10.9. The highest BCUT2D eigenvalue weighted by Gasteiger charge is 2.30. The summed E-state index contributed by atoms with van der Waals surface area (Å²) >= 11 is 0. The molecule has 0 aromatic heterocycles. The van der Waals surface area contributed by atoms with E-state index in [-0.39, 0.29) is 5.91 Å². The van der Waals surface area contributed by atoms with Crippen molar-refractivity contribution in [3.8, 4) is 0 Å². The second-order valence-electron chi connectivity index (χ2n) is 4.57. The predicted octanol–water partition coefficient (Wildman–Crippen LogP) is 1.65. The van der Waals surface area contributed by atoms with Crippen LogP contribution in [0, 0.1) is 0 Å². The number of para-hydroxylation sites is 1. The number of nitrogen functional groups attached to an aromatic ring is 1. The van der Waals surface area contributed by atoms with E-state index in [0.717, 1.165) is 5.56 Å². The summed E-state index contributed by atoms with van der Waals surface area (Å²) in [6.07, 6.45) is 0. The van der Waals surface area contributed by atoms with Gasteiger partial charge in [0.25, 0.3) is 5.91 Å². The molecule has 0 fully saturated rings. The van der Waals surface area contributed by atoms with Gasteiger partial charge in [-0.3, -0.25) is 4.79 Å². The second kappa shape index (κ2) is 5.19. The van der Waals surface area contributed by atoms with Crippen molar-refractivity contribution in [2.24, 2.45) is 0 Å². The molecule has 0 atom stereocenters. The van der Waals surface area contributed by atoms with Gasteiger partial charge in [-0.25, -0.2) is 0 Å². The first-order valence-electron chi connectivity index (χ1n) is 5.52. The zero-order valence-electron chi connectivity index (χ0n) is 10.9. The van der Waals surface area contributed by atoms with Crippen LogP contribution in [0.15, 0.2) is 24.3 Å². The molecule has 94 valence electrons. The van der Waals surface area contributed by atoms with Crippen molar-refractivity contribution in [2.75, 3.05) is 19.9 Å². The highest BCUT2D eigenvalue weighted by atomic mass is 16.5. The summed E-state index contributed by atoms with van der Waals surface area (Å²) < 4.78 is 5.17. The lowest BCUT2D eigenvalue weighted by Gasteiger charge is -2.28. The van der Waals surface area contributed by atoms with Crippen molar-refractivity contribution in [2.45, 2.75) is 26.0 Å². The molecule has 0 bridgehead atoms. The predicted molar refractivity (Wildman–Crippen MR) is 68.4 cm³/mol. The molecule has 0 unspecified atom stereocenters. The van der Waals surface area contributed by atoms with Crippen molar-refractivity contribution in [3.63, 3.8) is 0 Å². The van der Waals surface area contributed by atoms with E-state index in [4.69, 9.17) is 10.5 Å². The molecule has 4 nitrogen and oxygen atoms in total. The molecule has 0 saturated carbocycles. The number of likely N-dealkylation sites (N-methyl/N-ethyl adjacent to an activating group) is 1. The highest BCUT2D eigenvalue weighted by molar-refractivity contribution is 5.84. The summed E-state index contributed by atoms with van der Waals surface area (Å²) in [5.41, 5.74) is 6.67. The summed E-state index contributed by atoms with van der Waals surface area (Å²) in [5.74, 6) is -0.0664. The summed E-state index contributed by atoms with van der Waals surface area (Å²) in [6, 6.07) is 7.53. The van der Waals surface area contributed by atoms with Crippen LogP contribution in [0.4, 0.5) is 5.69 Å². The Labute approximate surface area is 102 Å². The Bertz CT molecular complexity index is 402. The van der Waals surface area contributed by atoms with Crippen LogP contribution < -0.4 is 5.73 Å². The van der Waals surface area contributed by atoms with E-state index in [0.29, 0.717) is 12.2 Å². The molecule has 0 saturated heterocycles. The normalized spacial score (nSPS) is 11.3. The average molecular weight is 236 g/mol. The summed E-state index contributed by atoms with van der Waals surface area (Å²) in [5, 5.41) is 0. The smallest absolute Gasteiger partial charge is 0.254 e. The Morgan fingerprint density at radius 3 is 2.53 bits per heavy atom. The number of anilines is 1. The molecule has 0 aliphatic heterocycles. The number of hydrogen-bond acceptors (Lipinski definition) is 3. The number of nitrogens with two attached hydrogens (primary N) is 1. The maximum absolute atomic E-state index is 12.1. The lowest BCUT2D eigenvalue weighted by molar-refractivity contribution is -0.150. The molecule has 2 N–H and O–H groups in total. The number of ether oxygens (including phenoxy) is 1. The fourth-order valence-corrected chi connectivity index (χ4v) is 1.55. The lowest BCUT2D eigenvalue weighted by Crippen LogP contribution is -2.44. The Morgan fingerprint density at radius 2 is 2.00 bits per heavy atom. The number of carbonyl (C=O) groups is 1. The van der Waals surface area contributed by atoms with Gasteiger partial charge in [-0.1, -0.05) is 18.2 Å². The van der Waals surface area contributed by atoms with E-state index in [1.807, 2.05) is 24.3 Å². The number of rotatable bonds is 4. The topological polar surface area (TPSA) is 55.6 Å². The maximum Gasteiger partial charge on any atom is 0.254 e. The molecular formula is C13H20N2O2. The maximum atomic E-state index is 12.1. The van der Waals surface area contributed by atoms with E-state index in [9.17, 15) is 4.79 Å². The SMILES string of the molecule is COC(C)(C)C(=O)N(C)Cc1ccccc1N. The molecule has 1 rings (SSSR count). The number of nitrogens with zero attached hydrogens (tertiary/aromatic N) is 1. The number of benzene rings is 1. The fraction of sp³-hybridized carbons (Fsp3) is 0.462. The van der Waals surface area contributed by atoms with Gasteiger partial charge in [-0.15, -0.1) is 0 Å². The van der Waals surface area contributed by atoms with Gasteiger partial charge in [0.2, 0.25) is 0 Å². The van der Waals surface area contributed by atoms with E-state index in [2.05, 4.69) is 0 Å². The van der Waals surface area contributed by atoms with E-state index >= 15 is 0 Å². The highest BCUT2D eigenvalue weighted by Crippen LogP contribution is 2.16. The molecule has 0 spiro atoms. The first-order chi connectivity index (χ1) is 7.88. The third-order valence-electron chi connectivity index (χ3n) is 2.83. The van der Waals surface area contributed by atoms with E-state index in [1.165, 1.54) is 7.11 Å². The van der Waals surface area contributed by atoms with Gasteiger partial charge >= 0.3 is 0 Å². The Kier molecular flexibility index (Phi) is 4.12. The van der Waals surface area contributed by atoms with Gasteiger partial charge in [-0.05, 0) is 25.5 Å². The van der Waals surface area contributed by atoms with Gasteiger partial charge in [0, 0.05) is 26.4 Å². The number of methoxy groups -OCH3 is 1. The third kappa shape index (κ3) is 3.20. The monoisotopic (exact) mass is 236 g/mol. The minimum Gasteiger partial charge on any atom is -0.398 e. The van der Waals surface area contributed by atoms with Crippen molar-refractivity contribution < 1.29 is 9.53 Å². The molecule has 1 aromatic rings. The summed E-state index contributed by atoms with van der Waals surface area (Å²) in [4.78, 5) is 13.7. The van der Waals surface area contributed by atoms with E-state index in [1.54, 1.807) is 25.8 Å². The van der Waals surface area contributed by atoms with Crippen LogP contribution in [0.5, 0.6) is 0 Å². The molecule has 4 heteroatoms. The first-order valence-corrected chi connectivity index (χ1v) is 5.52. The standard InChI is InChI=1S/C13H20N2O2/c1-13(2,17-4)12(16)15(3)9-10-7-5-6-8-11(10)14/h5-8H,9,14H2,1-4H3. The molecule has 0 aliphatic rings. The minimum absolute atomic E-state index is 0.0664. The van der Waals surface area contributed by atoms with Crippen molar-refractivity contribution in [1.82, 2.24) is 4.90 Å². The minimum atomic E-state index is -0.807. The number of carbonyl (C=O) groups excluding carboxylic acids is 1. The lowest BCUT2D eigenvalue weighted by atomic mass is 10.1. The quantitative estimate of drug-likeness (QED) is 0.809. The Morgan fingerprint density at radius 1 is 1.41 bits per heavy atom. The van der Waals surface area contributed by atoms with Crippen LogP contribution >= 0.6 is 0 Å². The molecular weight excluding hydrogens is 216 g/mol. The van der Waals surface area contributed by atoms with Crippen LogP contribution in [0.25, 0.3) is 0 Å². The summed E-state index contributed by atoms with van der Waals surface area (Å²) in [7, 11) is 3.28. The van der Waals surface area contributed by atoms with Gasteiger partial charge in [-0.2, -0.15) is 0 Å². The Hall–Kier alpha value is -1.55. The molecule has 17 heavy (non-hydrogen) atoms. The average Bonchev–Trinajstić information content (AvgIpc) is 2.31. The van der Waals surface area contributed by atoms with Gasteiger partial charge in [0.1, 0.15) is 5.60 Å². The van der Waals surface area contributed by atoms with Crippen LogP contribution in [0.3, 0.4) is 0 Å². The van der Waals surface area contributed by atoms with Gasteiger partial charge in [0.15, 0.2) is 0 Å². The second-order valence-corrected chi connectivity index (χ2v) is 4.57. The molecule has 1 amide bonds.